The van der Waals surface area contributed by atoms with Crippen LogP contribution in [0, 0.1) is 0 Å². The van der Waals surface area contributed by atoms with Gasteiger partial charge < -0.3 is 4.74 Å². The predicted octanol–water partition coefficient (Wildman–Crippen LogP) is 3.17. The van der Waals surface area contributed by atoms with Gasteiger partial charge in [-0.25, -0.2) is 4.98 Å². The van der Waals surface area contributed by atoms with Gasteiger partial charge in [-0.15, -0.1) is 22.9 Å². The van der Waals surface area contributed by atoms with Crippen LogP contribution in [0.1, 0.15) is 0 Å². The Hall–Kier alpha value is -0.780. The quantitative estimate of drug-likeness (QED) is 0.366. The molecule has 6 heteroatoms. The highest BCUT2D eigenvalue weighted by Crippen LogP contribution is 2.28. The number of thioether (sulfide) groups is 1. The third-order valence-corrected chi connectivity index (χ3v) is 4.32. The number of nitrogens with zero attached hydrogens (tertiary/aromatic N) is 1. The minimum atomic E-state index is -0.378. The molecule has 2 rings (SSSR count). The van der Waals surface area contributed by atoms with E-state index >= 15 is 0 Å². The van der Waals surface area contributed by atoms with Crippen molar-refractivity contribution in [3.8, 4) is 0 Å². The third kappa shape index (κ3) is 3.59. The van der Waals surface area contributed by atoms with Gasteiger partial charge in [0.15, 0.2) is 4.34 Å². The van der Waals surface area contributed by atoms with Crippen LogP contribution in [0.4, 0.5) is 0 Å². The average molecular weight is 288 g/mol. The van der Waals surface area contributed by atoms with Crippen LogP contribution in [0.25, 0.3) is 10.2 Å². The average Bonchev–Trinajstić information content (AvgIpc) is 2.76. The maximum absolute atomic E-state index is 10.8. The Morgan fingerprint density at radius 3 is 3.06 bits per heavy atom. The predicted molar refractivity (Wildman–Crippen MR) is 72.0 cm³/mol. The van der Waals surface area contributed by atoms with Gasteiger partial charge in [-0.2, -0.15) is 0 Å². The minimum absolute atomic E-state index is 0.0915. The highest BCUT2D eigenvalue weighted by atomic mass is 35.5. The molecule has 1 aromatic carbocycles. The number of thiazole rings is 1. The number of fused-ring (bicyclic) bond motifs is 1. The van der Waals surface area contributed by atoms with Gasteiger partial charge in [0.1, 0.15) is 12.5 Å². The molecule has 0 spiro atoms. The van der Waals surface area contributed by atoms with E-state index in [9.17, 15) is 4.79 Å². The molecule has 0 atom stereocenters. The summed E-state index contributed by atoms with van der Waals surface area (Å²) in [5.74, 6) is 0.227. The molecule has 0 N–H and O–H groups in total. The number of benzene rings is 1. The van der Waals surface area contributed by atoms with Crippen LogP contribution in [0.2, 0.25) is 0 Å². The molecule has 0 unspecified atom stereocenters. The van der Waals surface area contributed by atoms with E-state index in [-0.39, 0.29) is 11.8 Å². The highest BCUT2D eigenvalue weighted by molar-refractivity contribution is 8.01. The number of para-hydroxylation sites is 1. The zero-order valence-electron chi connectivity index (χ0n) is 8.89. The summed E-state index contributed by atoms with van der Waals surface area (Å²) in [5.41, 5.74) is 1.01. The second-order valence-electron chi connectivity index (χ2n) is 3.15. The molecule has 0 aliphatic rings. The fourth-order valence-corrected chi connectivity index (χ4v) is 3.27. The molecule has 0 bridgehead atoms. The third-order valence-electron chi connectivity index (χ3n) is 1.96. The van der Waals surface area contributed by atoms with Crippen molar-refractivity contribution in [2.24, 2.45) is 0 Å². The second kappa shape index (κ2) is 6.23. The van der Waals surface area contributed by atoms with E-state index in [0.29, 0.717) is 12.4 Å². The Balaban J connectivity index is 1.85. The number of hydrogen-bond donors (Lipinski definition) is 0. The summed E-state index contributed by atoms with van der Waals surface area (Å²) >= 11 is 8.54. The van der Waals surface area contributed by atoms with Gasteiger partial charge in [0.25, 0.3) is 0 Å². The van der Waals surface area contributed by atoms with E-state index in [1.165, 1.54) is 4.70 Å². The van der Waals surface area contributed by atoms with E-state index in [0.717, 1.165) is 9.86 Å². The van der Waals surface area contributed by atoms with E-state index in [1.54, 1.807) is 23.1 Å². The Morgan fingerprint density at radius 2 is 2.29 bits per heavy atom. The van der Waals surface area contributed by atoms with Crippen molar-refractivity contribution in [2.75, 3.05) is 18.2 Å². The molecule has 17 heavy (non-hydrogen) atoms. The van der Waals surface area contributed by atoms with Gasteiger partial charge in [-0.3, -0.25) is 4.79 Å². The van der Waals surface area contributed by atoms with Crippen molar-refractivity contribution < 1.29 is 9.53 Å². The monoisotopic (exact) mass is 287 g/mol. The van der Waals surface area contributed by atoms with Gasteiger partial charge in [-0.05, 0) is 12.1 Å². The highest BCUT2D eigenvalue weighted by Gasteiger charge is 2.04. The molecule has 2 aromatic rings. The number of halogens is 1. The van der Waals surface area contributed by atoms with Crippen LogP contribution in [0.3, 0.4) is 0 Å². The van der Waals surface area contributed by atoms with Crippen LogP contribution in [-0.4, -0.2) is 29.2 Å². The molecular formula is C11H10ClNO2S2. The zero-order chi connectivity index (χ0) is 12.1. The fraction of sp³-hybridized carbons (Fsp3) is 0.273. The largest absolute Gasteiger partial charge is 0.464 e. The molecule has 0 saturated carbocycles. The lowest BCUT2D eigenvalue weighted by atomic mass is 10.3. The summed E-state index contributed by atoms with van der Waals surface area (Å²) in [6.07, 6.45) is 0. The Morgan fingerprint density at radius 1 is 1.47 bits per heavy atom. The van der Waals surface area contributed by atoms with Crippen molar-refractivity contribution in [3.05, 3.63) is 24.3 Å². The van der Waals surface area contributed by atoms with Gasteiger partial charge in [-0.1, -0.05) is 23.9 Å². The van der Waals surface area contributed by atoms with Crippen LogP contribution >= 0.6 is 34.7 Å². The first-order valence-corrected chi connectivity index (χ1v) is 7.33. The second-order valence-corrected chi connectivity index (χ2v) is 5.79. The number of aromatic nitrogens is 1. The molecular weight excluding hydrogens is 278 g/mol. The van der Waals surface area contributed by atoms with E-state index < -0.39 is 0 Å². The molecule has 0 amide bonds. The van der Waals surface area contributed by atoms with Crippen molar-refractivity contribution in [2.45, 2.75) is 4.34 Å². The summed E-state index contributed by atoms with van der Waals surface area (Å²) in [6, 6.07) is 8.00. The Labute approximate surface area is 112 Å². The molecule has 1 aromatic heterocycles. The van der Waals surface area contributed by atoms with Gasteiger partial charge in [0.2, 0.25) is 0 Å². The number of alkyl halides is 1. The Bertz CT molecular complexity index is 482. The van der Waals surface area contributed by atoms with Crippen molar-refractivity contribution in [3.63, 3.8) is 0 Å². The number of esters is 1. The maximum atomic E-state index is 10.8. The topological polar surface area (TPSA) is 39.2 Å². The molecule has 3 nitrogen and oxygen atoms in total. The fourth-order valence-electron chi connectivity index (χ4n) is 1.24. The smallest absolute Gasteiger partial charge is 0.320 e. The first kappa shape index (κ1) is 12.7. The molecule has 0 saturated heterocycles. The van der Waals surface area contributed by atoms with Crippen LogP contribution < -0.4 is 0 Å². The molecule has 0 aliphatic carbocycles. The summed E-state index contributed by atoms with van der Waals surface area (Å²) in [5, 5.41) is 0. The number of hydrogen-bond acceptors (Lipinski definition) is 5. The number of carbonyl (C=O) groups is 1. The summed E-state index contributed by atoms with van der Waals surface area (Å²) in [6.45, 7) is 0.367. The van der Waals surface area contributed by atoms with E-state index in [1.807, 2.05) is 24.3 Å². The van der Waals surface area contributed by atoms with Crippen molar-refractivity contribution in [1.82, 2.24) is 4.98 Å². The molecule has 0 fully saturated rings. The van der Waals surface area contributed by atoms with Gasteiger partial charge >= 0.3 is 5.97 Å². The lowest BCUT2D eigenvalue weighted by Crippen LogP contribution is -2.08. The number of ether oxygens (including phenoxy) is 1. The molecule has 1 heterocycles. The lowest BCUT2D eigenvalue weighted by Gasteiger charge is -2.00. The summed E-state index contributed by atoms with van der Waals surface area (Å²) < 4.78 is 7.04. The zero-order valence-corrected chi connectivity index (χ0v) is 11.3. The van der Waals surface area contributed by atoms with Gasteiger partial charge in [0, 0.05) is 5.75 Å². The summed E-state index contributed by atoms with van der Waals surface area (Å²) in [4.78, 5) is 15.3. The standard InChI is InChI=1S/C11H10ClNO2S2/c12-7-10(14)15-5-6-16-11-13-8-3-1-2-4-9(8)17-11/h1-4H,5-7H2. The normalized spacial score (nSPS) is 10.6. The lowest BCUT2D eigenvalue weighted by molar-refractivity contribution is -0.139. The van der Waals surface area contributed by atoms with Crippen molar-refractivity contribution >= 4 is 50.9 Å². The van der Waals surface area contributed by atoms with Gasteiger partial charge in [0.05, 0.1) is 10.2 Å². The molecule has 0 radical (unpaired) electrons. The number of rotatable bonds is 5. The van der Waals surface area contributed by atoms with Crippen molar-refractivity contribution in [1.29, 1.82) is 0 Å². The first-order chi connectivity index (χ1) is 8.29. The maximum Gasteiger partial charge on any atom is 0.320 e. The van der Waals surface area contributed by atoms with Crippen LogP contribution in [-0.2, 0) is 9.53 Å². The molecule has 0 aliphatic heterocycles. The van der Waals surface area contributed by atoms with E-state index in [2.05, 4.69) is 4.98 Å². The SMILES string of the molecule is O=C(CCl)OCCSc1nc2ccccc2s1. The minimum Gasteiger partial charge on any atom is -0.464 e. The van der Waals surface area contributed by atoms with Crippen LogP contribution in [0.5, 0.6) is 0 Å². The number of carbonyl (C=O) groups excluding carboxylic acids is 1. The summed E-state index contributed by atoms with van der Waals surface area (Å²) in [7, 11) is 0. The van der Waals surface area contributed by atoms with E-state index in [4.69, 9.17) is 16.3 Å². The first-order valence-electron chi connectivity index (χ1n) is 4.99. The Kier molecular flexibility index (Phi) is 4.65. The van der Waals surface area contributed by atoms with Crippen LogP contribution in [0.15, 0.2) is 28.6 Å². The molecule has 90 valence electrons.